The minimum absolute atomic E-state index is 0.819. The molecule has 1 aliphatic rings. The summed E-state index contributed by atoms with van der Waals surface area (Å²) in [5, 5.41) is 8.07. The molecule has 94 valence electrons. The summed E-state index contributed by atoms with van der Waals surface area (Å²) in [6.45, 7) is 11.8. The normalized spacial score (nSPS) is 18.1. The van der Waals surface area contributed by atoms with Crippen LogP contribution in [0.15, 0.2) is 0 Å². The smallest absolute Gasteiger partial charge is 0.0971 e. The number of nitrogens with one attached hydrogen (secondary N) is 1. The summed E-state index contributed by atoms with van der Waals surface area (Å²) < 4.78 is 0. The third-order valence-electron chi connectivity index (χ3n) is 3.44. The molecule has 0 saturated carbocycles. The number of nitrogens with zero attached hydrogens (tertiary/aromatic N) is 3. The Bertz CT molecular complexity index is 205. The summed E-state index contributed by atoms with van der Waals surface area (Å²) in [6.07, 6.45) is 0.894. The van der Waals surface area contributed by atoms with Gasteiger partial charge in [-0.3, -0.25) is 5.41 Å². The first kappa shape index (κ1) is 13.5. The first-order valence-electron chi connectivity index (χ1n) is 6.40. The fourth-order valence-corrected chi connectivity index (χ4v) is 2.04. The molecule has 0 aromatic carbocycles. The van der Waals surface area contributed by atoms with E-state index in [0.717, 1.165) is 58.1 Å². The monoisotopic (exact) mass is 226 g/mol. The van der Waals surface area contributed by atoms with Crippen molar-refractivity contribution < 1.29 is 0 Å². The summed E-state index contributed by atoms with van der Waals surface area (Å²) in [7, 11) is 2.15. The van der Waals surface area contributed by atoms with Gasteiger partial charge in [0, 0.05) is 39.1 Å². The minimum Gasteiger partial charge on any atom is -0.358 e. The van der Waals surface area contributed by atoms with Gasteiger partial charge in [-0.25, -0.2) is 0 Å². The Morgan fingerprint density at radius 3 is 2.19 bits per heavy atom. The van der Waals surface area contributed by atoms with Gasteiger partial charge in [-0.1, -0.05) is 13.8 Å². The highest BCUT2D eigenvalue weighted by molar-refractivity contribution is 5.79. The molecule has 0 radical (unpaired) electrons. The molecule has 0 bridgehead atoms. The van der Waals surface area contributed by atoms with Crippen LogP contribution in [0.4, 0.5) is 0 Å². The van der Waals surface area contributed by atoms with Gasteiger partial charge >= 0.3 is 0 Å². The standard InChI is InChI=1S/C12H26N4/c1-4-15(5-2)7-6-12(13)16-10-8-14(3)9-11-16/h13H,4-11H2,1-3H3. The van der Waals surface area contributed by atoms with Crippen LogP contribution in [0.3, 0.4) is 0 Å². The SMILES string of the molecule is CCN(CC)CCC(=N)N1CCN(C)CC1. The lowest BCUT2D eigenvalue weighted by Gasteiger charge is -2.34. The molecule has 0 spiro atoms. The van der Waals surface area contributed by atoms with E-state index in [1.165, 1.54) is 0 Å². The highest BCUT2D eigenvalue weighted by Gasteiger charge is 2.16. The number of likely N-dealkylation sites (N-methyl/N-ethyl adjacent to an activating group) is 1. The van der Waals surface area contributed by atoms with E-state index in [-0.39, 0.29) is 0 Å². The minimum atomic E-state index is 0.819. The Hall–Kier alpha value is -0.610. The number of rotatable bonds is 5. The number of piperazine rings is 1. The van der Waals surface area contributed by atoms with Crippen molar-refractivity contribution in [3.63, 3.8) is 0 Å². The summed E-state index contributed by atoms with van der Waals surface area (Å²) in [5.41, 5.74) is 0. The van der Waals surface area contributed by atoms with Gasteiger partial charge < -0.3 is 14.7 Å². The zero-order valence-corrected chi connectivity index (χ0v) is 11.0. The van der Waals surface area contributed by atoms with Crippen LogP contribution in [-0.2, 0) is 0 Å². The maximum Gasteiger partial charge on any atom is 0.0971 e. The van der Waals surface area contributed by atoms with Crippen molar-refractivity contribution in [2.45, 2.75) is 20.3 Å². The fourth-order valence-electron chi connectivity index (χ4n) is 2.04. The maximum absolute atomic E-state index is 8.07. The Balaban J connectivity index is 2.24. The molecule has 1 rings (SSSR count). The third-order valence-corrected chi connectivity index (χ3v) is 3.44. The van der Waals surface area contributed by atoms with Gasteiger partial charge in [-0.15, -0.1) is 0 Å². The van der Waals surface area contributed by atoms with Crippen LogP contribution < -0.4 is 0 Å². The highest BCUT2D eigenvalue weighted by atomic mass is 15.3. The van der Waals surface area contributed by atoms with Crippen molar-refractivity contribution >= 4 is 5.84 Å². The summed E-state index contributed by atoms with van der Waals surface area (Å²) in [5.74, 6) is 0.819. The Morgan fingerprint density at radius 1 is 1.12 bits per heavy atom. The summed E-state index contributed by atoms with van der Waals surface area (Å²) in [4.78, 5) is 6.93. The predicted octanol–water partition coefficient (Wildman–Crippen LogP) is 0.943. The molecule has 0 amide bonds. The van der Waals surface area contributed by atoms with Crippen molar-refractivity contribution in [3.05, 3.63) is 0 Å². The predicted molar refractivity (Wildman–Crippen MR) is 69.2 cm³/mol. The second-order valence-electron chi connectivity index (χ2n) is 4.51. The van der Waals surface area contributed by atoms with E-state index in [1.54, 1.807) is 0 Å². The summed E-state index contributed by atoms with van der Waals surface area (Å²) >= 11 is 0. The van der Waals surface area contributed by atoms with Crippen molar-refractivity contribution in [2.75, 3.05) is 52.9 Å². The second-order valence-corrected chi connectivity index (χ2v) is 4.51. The number of hydrogen-bond acceptors (Lipinski definition) is 3. The third kappa shape index (κ3) is 4.10. The van der Waals surface area contributed by atoms with Crippen LogP contribution in [0, 0.1) is 5.41 Å². The number of hydrogen-bond donors (Lipinski definition) is 1. The lowest BCUT2D eigenvalue weighted by molar-refractivity contribution is 0.210. The van der Waals surface area contributed by atoms with E-state index in [4.69, 9.17) is 5.41 Å². The molecule has 4 nitrogen and oxygen atoms in total. The Labute approximate surface area is 99.7 Å². The molecule has 0 atom stereocenters. The number of amidine groups is 1. The molecule has 1 N–H and O–H groups in total. The van der Waals surface area contributed by atoms with E-state index < -0.39 is 0 Å². The molecule has 1 fully saturated rings. The van der Waals surface area contributed by atoms with Crippen LogP contribution >= 0.6 is 0 Å². The van der Waals surface area contributed by atoms with Crippen molar-refractivity contribution in [1.82, 2.24) is 14.7 Å². The van der Waals surface area contributed by atoms with Crippen molar-refractivity contribution in [3.8, 4) is 0 Å². The van der Waals surface area contributed by atoms with E-state index in [1.807, 2.05) is 0 Å². The zero-order chi connectivity index (χ0) is 12.0. The van der Waals surface area contributed by atoms with Crippen molar-refractivity contribution in [1.29, 1.82) is 5.41 Å². The average Bonchev–Trinajstić information content (AvgIpc) is 2.31. The lowest BCUT2D eigenvalue weighted by atomic mass is 10.2. The van der Waals surface area contributed by atoms with Gasteiger partial charge in [0.2, 0.25) is 0 Å². The molecule has 1 heterocycles. The topological polar surface area (TPSA) is 33.6 Å². The second kappa shape index (κ2) is 6.86. The van der Waals surface area contributed by atoms with Gasteiger partial charge in [0.15, 0.2) is 0 Å². The zero-order valence-electron chi connectivity index (χ0n) is 11.0. The molecular formula is C12H26N4. The van der Waals surface area contributed by atoms with E-state index in [9.17, 15) is 0 Å². The van der Waals surface area contributed by atoms with Crippen molar-refractivity contribution in [2.24, 2.45) is 0 Å². The van der Waals surface area contributed by atoms with Crippen LogP contribution in [0.5, 0.6) is 0 Å². The van der Waals surface area contributed by atoms with Crippen LogP contribution in [0.2, 0.25) is 0 Å². The van der Waals surface area contributed by atoms with Gasteiger partial charge in [-0.05, 0) is 20.1 Å². The molecule has 1 aliphatic heterocycles. The first-order chi connectivity index (χ1) is 7.67. The highest BCUT2D eigenvalue weighted by Crippen LogP contribution is 2.03. The van der Waals surface area contributed by atoms with Gasteiger partial charge in [0.1, 0.15) is 0 Å². The lowest BCUT2D eigenvalue weighted by Crippen LogP contribution is -2.47. The quantitative estimate of drug-likeness (QED) is 0.559. The molecule has 0 unspecified atom stereocenters. The van der Waals surface area contributed by atoms with Crippen LogP contribution in [0.25, 0.3) is 0 Å². The largest absolute Gasteiger partial charge is 0.358 e. The Kier molecular flexibility index (Phi) is 5.77. The molecule has 0 aromatic heterocycles. The van der Waals surface area contributed by atoms with Crippen LogP contribution in [0.1, 0.15) is 20.3 Å². The molecule has 0 aliphatic carbocycles. The molecule has 0 aromatic rings. The van der Waals surface area contributed by atoms with Gasteiger partial charge in [0.05, 0.1) is 5.84 Å². The van der Waals surface area contributed by atoms with E-state index in [0.29, 0.717) is 0 Å². The van der Waals surface area contributed by atoms with Gasteiger partial charge in [-0.2, -0.15) is 0 Å². The molecule has 16 heavy (non-hydrogen) atoms. The van der Waals surface area contributed by atoms with E-state index in [2.05, 4.69) is 35.6 Å². The molecule has 4 heteroatoms. The fraction of sp³-hybridized carbons (Fsp3) is 0.917. The first-order valence-corrected chi connectivity index (χ1v) is 6.40. The van der Waals surface area contributed by atoms with Gasteiger partial charge in [0.25, 0.3) is 0 Å². The molecular weight excluding hydrogens is 200 g/mol. The molecule has 1 saturated heterocycles. The van der Waals surface area contributed by atoms with E-state index >= 15 is 0 Å². The Morgan fingerprint density at radius 2 is 1.69 bits per heavy atom. The van der Waals surface area contributed by atoms with Crippen LogP contribution in [-0.4, -0.2) is 73.4 Å². The average molecular weight is 226 g/mol. The summed E-state index contributed by atoms with van der Waals surface area (Å²) in [6, 6.07) is 0. The maximum atomic E-state index is 8.07.